The number of amides is 2. The fourth-order valence-electron chi connectivity index (χ4n) is 2.94. The maximum absolute atomic E-state index is 12.3. The Balaban J connectivity index is 1.71. The Morgan fingerprint density at radius 3 is 2.54 bits per heavy atom. The number of piperazine rings is 1. The van der Waals surface area contributed by atoms with Gasteiger partial charge in [-0.15, -0.1) is 0 Å². The average Bonchev–Trinajstić information content (AvgIpc) is 2.62. The molecule has 1 heterocycles. The van der Waals surface area contributed by atoms with E-state index in [1.54, 1.807) is 11.8 Å². The summed E-state index contributed by atoms with van der Waals surface area (Å²) in [6.45, 7) is 7.61. The molecule has 1 aliphatic rings. The van der Waals surface area contributed by atoms with E-state index in [1.165, 1.54) is 10.5 Å². The van der Waals surface area contributed by atoms with Gasteiger partial charge >= 0.3 is 6.09 Å². The van der Waals surface area contributed by atoms with Crippen LogP contribution in [0.3, 0.4) is 0 Å². The molecule has 6 nitrogen and oxygen atoms in total. The number of rotatable bonds is 6. The summed E-state index contributed by atoms with van der Waals surface area (Å²) in [5, 5.41) is 3.02. The smallest absolute Gasteiger partial charge is 0.410 e. The molecule has 2 N–H and O–H groups in total. The van der Waals surface area contributed by atoms with Crippen molar-refractivity contribution in [3.63, 3.8) is 0 Å². The first kappa shape index (κ1) is 18.3. The monoisotopic (exact) mass is 334 g/mol. The van der Waals surface area contributed by atoms with E-state index in [4.69, 9.17) is 4.74 Å². The molecule has 1 aromatic rings. The lowest BCUT2D eigenvalue weighted by molar-refractivity contribution is -0.918. The molecule has 0 unspecified atom stereocenters. The van der Waals surface area contributed by atoms with Crippen LogP contribution in [0, 0.1) is 0 Å². The van der Waals surface area contributed by atoms with Gasteiger partial charge in [0.2, 0.25) is 0 Å². The van der Waals surface area contributed by atoms with Crippen LogP contribution in [0.4, 0.5) is 4.79 Å². The summed E-state index contributed by atoms with van der Waals surface area (Å²) in [5.41, 5.74) is 1.22. The van der Waals surface area contributed by atoms with E-state index in [-0.39, 0.29) is 18.0 Å². The molecule has 1 aliphatic heterocycles. The van der Waals surface area contributed by atoms with Crippen LogP contribution in [-0.4, -0.2) is 62.3 Å². The molecular formula is C18H28N3O3+. The first-order valence-electron chi connectivity index (χ1n) is 8.69. The molecule has 24 heavy (non-hydrogen) atoms. The average molecular weight is 334 g/mol. The van der Waals surface area contributed by atoms with Gasteiger partial charge in [-0.05, 0) is 25.8 Å². The lowest BCUT2D eigenvalue weighted by Crippen LogP contribution is -3.19. The zero-order valence-electron chi connectivity index (χ0n) is 14.6. The maximum atomic E-state index is 12.3. The molecule has 1 aromatic carbocycles. The van der Waals surface area contributed by atoms with E-state index >= 15 is 0 Å². The molecule has 2 amide bonds. The first-order chi connectivity index (χ1) is 11.6. The highest BCUT2D eigenvalue weighted by molar-refractivity contribution is 5.79. The van der Waals surface area contributed by atoms with Crippen LogP contribution < -0.4 is 10.2 Å². The van der Waals surface area contributed by atoms with Crippen molar-refractivity contribution in [3.05, 3.63) is 35.9 Å². The second-order valence-corrected chi connectivity index (χ2v) is 6.09. The van der Waals surface area contributed by atoms with Crippen LogP contribution in [0.5, 0.6) is 0 Å². The number of carbonyl (C=O) groups excluding carboxylic acids is 2. The van der Waals surface area contributed by atoms with Crippen molar-refractivity contribution in [1.82, 2.24) is 10.2 Å². The predicted octanol–water partition coefficient (Wildman–Crippen LogP) is 0.0908. The third-order valence-corrected chi connectivity index (χ3v) is 4.49. The topological polar surface area (TPSA) is 63.1 Å². The van der Waals surface area contributed by atoms with Gasteiger partial charge in [0.05, 0.1) is 32.8 Å². The zero-order valence-corrected chi connectivity index (χ0v) is 14.6. The highest BCUT2D eigenvalue weighted by Crippen LogP contribution is 1.98. The molecule has 0 bridgehead atoms. The number of carbonyl (C=O) groups is 2. The van der Waals surface area contributed by atoms with E-state index in [1.807, 2.05) is 25.1 Å². The van der Waals surface area contributed by atoms with Crippen molar-refractivity contribution in [2.24, 2.45) is 0 Å². The van der Waals surface area contributed by atoms with Gasteiger partial charge in [-0.1, -0.05) is 30.3 Å². The van der Waals surface area contributed by atoms with Crippen molar-refractivity contribution in [3.8, 4) is 0 Å². The Hall–Kier alpha value is -2.08. The Morgan fingerprint density at radius 2 is 1.92 bits per heavy atom. The molecule has 0 spiro atoms. The van der Waals surface area contributed by atoms with Gasteiger partial charge in [0.25, 0.3) is 5.91 Å². The molecule has 1 fully saturated rings. The molecule has 0 aromatic heterocycles. The van der Waals surface area contributed by atoms with Gasteiger partial charge in [0.1, 0.15) is 0 Å². The third kappa shape index (κ3) is 5.23. The Kier molecular flexibility index (Phi) is 7.06. The SMILES string of the molecule is CCOC(=O)N1CC[NH+]([C@@H](C)C(=O)NCCc2ccccc2)CC1. The summed E-state index contributed by atoms with van der Waals surface area (Å²) < 4.78 is 5.02. The zero-order chi connectivity index (χ0) is 17.4. The number of quaternary nitrogens is 1. The van der Waals surface area contributed by atoms with E-state index in [0.29, 0.717) is 26.2 Å². The molecule has 132 valence electrons. The number of hydrogen-bond acceptors (Lipinski definition) is 3. The summed E-state index contributed by atoms with van der Waals surface area (Å²) in [6, 6.07) is 10.0. The molecular weight excluding hydrogens is 306 g/mol. The van der Waals surface area contributed by atoms with Crippen molar-refractivity contribution in [2.45, 2.75) is 26.3 Å². The fourth-order valence-corrected chi connectivity index (χ4v) is 2.94. The Labute approximate surface area is 143 Å². The lowest BCUT2D eigenvalue weighted by atomic mass is 10.1. The van der Waals surface area contributed by atoms with Gasteiger partial charge in [0, 0.05) is 6.54 Å². The molecule has 1 atom stereocenters. The Bertz CT molecular complexity index is 528. The van der Waals surface area contributed by atoms with Crippen LogP contribution in [0.2, 0.25) is 0 Å². The summed E-state index contributed by atoms with van der Waals surface area (Å²) >= 11 is 0. The molecule has 2 rings (SSSR count). The maximum Gasteiger partial charge on any atom is 0.410 e. The number of benzene rings is 1. The van der Waals surface area contributed by atoms with Crippen LogP contribution in [0.25, 0.3) is 0 Å². The normalized spacial score (nSPS) is 16.5. The van der Waals surface area contributed by atoms with Crippen molar-refractivity contribution in [2.75, 3.05) is 39.3 Å². The molecule has 0 aliphatic carbocycles. The minimum absolute atomic E-state index is 0.0746. The van der Waals surface area contributed by atoms with E-state index in [9.17, 15) is 9.59 Å². The molecule has 6 heteroatoms. The predicted molar refractivity (Wildman–Crippen MR) is 91.9 cm³/mol. The van der Waals surface area contributed by atoms with E-state index in [2.05, 4.69) is 17.4 Å². The van der Waals surface area contributed by atoms with Crippen molar-refractivity contribution < 1.29 is 19.2 Å². The van der Waals surface area contributed by atoms with Gasteiger partial charge in [0.15, 0.2) is 6.04 Å². The number of ether oxygens (including phenoxy) is 1. The minimum atomic E-state index is -0.253. The van der Waals surface area contributed by atoms with Gasteiger partial charge in [-0.25, -0.2) is 4.79 Å². The van der Waals surface area contributed by atoms with Crippen molar-refractivity contribution >= 4 is 12.0 Å². The Morgan fingerprint density at radius 1 is 1.25 bits per heavy atom. The summed E-state index contributed by atoms with van der Waals surface area (Å²) in [6.07, 6.45) is 0.585. The third-order valence-electron chi connectivity index (χ3n) is 4.49. The van der Waals surface area contributed by atoms with Gasteiger partial charge < -0.3 is 15.0 Å². The van der Waals surface area contributed by atoms with Crippen LogP contribution in [-0.2, 0) is 16.0 Å². The minimum Gasteiger partial charge on any atom is -0.450 e. The molecule has 0 saturated carbocycles. The van der Waals surface area contributed by atoms with Gasteiger partial charge in [-0.2, -0.15) is 0 Å². The van der Waals surface area contributed by atoms with Gasteiger partial charge in [-0.3, -0.25) is 9.69 Å². The highest BCUT2D eigenvalue weighted by atomic mass is 16.6. The van der Waals surface area contributed by atoms with Crippen molar-refractivity contribution in [1.29, 1.82) is 0 Å². The largest absolute Gasteiger partial charge is 0.450 e. The number of hydrogen-bond donors (Lipinski definition) is 2. The van der Waals surface area contributed by atoms with Crippen LogP contribution in [0.1, 0.15) is 19.4 Å². The number of nitrogens with one attached hydrogen (secondary N) is 2. The standard InChI is InChI=1S/C18H27N3O3/c1-3-24-18(23)21-13-11-20(12-14-21)15(2)17(22)19-10-9-16-7-5-4-6-8-16/h4-8,15H,3,9-14H2,1-2H3,(H,19,22)/p+1/t15-/m0/s1. The summed E-state index contributed by atoms with van der Waals surface area (Å²) in [5.74, 6) is 0.0746. The highest BCUT2D eigenvalue weighted by Gasteiger charge is 2.30. The van der Waals surface area contributed by atoms with E-state index < -0.39 is 0 Å². The molecule has 1 saturated heterocycles. The molecule has 0 radical (unpaired) electrons. The summed E-state index contributed by atoms with van der Waals surface area (Å²) in [4.78, 5) is 26.9. The fraction of sp³-hybridized carbons (Fsp3) is 0.556. The first-order valence-corrected chi connectivity index (χ1v) is 8.69. The summed E-state index contributed by atoms with van der Waals surface area (Å²) in [7, 11) is 0. The van der Waals surface area contributed by atoms with E-state index in [0.717, 1.165) is 19.5 Å². The van der Waals surface area contributed by atoms with Crippen LogP contribution >= 0.6 is 0 Å². The van der Waals surface area contributed by atoms with Crippen LogP contribution in [0.15, 0.2) is 30.3 Å². The quantitative estimate of drug-likeness (QED) is 0.775. The second kappa shape index (κ2) is 9.27. The second-order valence-electron chi connectivity index (χ2n) is 6.09. The number of nitrogens with zero attached hydrogens (tertiary/aromatic N) is 1. The lowest BCUT2D eigenvalue weighted by Gasteiger charge is -2.34.